The fraction of sp³-hybridized carbons (Fsp3) is 0.316. The molecule has 0 radical (unpaired) electrons. The first kappa shape index (κ1) is 15.3. The van der Waals surface area contributed by atoms with E-state index < -0.39 is 17.5 Å². The number of fused-ring (bicyclic) bond motifs is 1. The summed E-state index contributed by atoms with van der Waals surface area (Å²) in [5.41, 5.74) is 1.86. The van der Waals surface area contributed by atoms with Crippen molar-refractivity contribution in [2.45, 2.75) is 25.6 Å². The van der Waals surface area contributed by atoms with Gasteiger partial charge < -0.3 is 9.47 Å². The summed E-state index contributed by atoms with van der Waals surface area (Å²) in [5, 5.41) is 0. The second kappa shape index (κ2) is 5.40. The Morgan fingerprint density at radius 1 is 1.08 bits per heavy atom. The average molecular weight is 327 g/mol. The monoisotopic (exact) mass is 327 g/mol. The minimum absolute atomic E-state index is 0.145. The number of hydrogen-bond donors (Lipinski definition) is 0. The minimum Gasteiger partial charge on any atom is -0.346 e. The molecule has 2 aliphatic rings. The third-order valence-electron chi connectivity index (χ3n) is 4.66. The molecule has 2 heterocycles. The van der Waals surface area contributed by atoms with Crippen molar-refractivity contribution in [3.63, 3.8) is 0 Å². The van der Waals surface area contributed by atoms with Crippen LogP contribution in [0.15, 0.2) is 42.5 Å². The van der Waals surface area contributed by atoms with Crippen LogP contribution in [0.2, 0.25) is 0 Å². The molecule has 0 bridgehead atoms. The summed E-state index contributed by atoms with van der Waals surface area (Å²) < 4.78 is 25.5. The molecule has 0 aliphatic carbocycles. The molecule has 24 heavy (non-hydrogen) atoms. The van der Waals surface area contributed by atoms with Gasteiger partial charge in [0, 0.05) is 5.56 Å². The molecule has 0 spiro atoms. The van der Waals surface area contributed by atoms with Gasteiger partial charge in [-0.05, 0) is 37.6 Å². The highest BCUT2D eigenvalue weighted by Crippen LogP contribution is 2.46. The lowest BCUT2D eigenvalue weighted by Gasteiger charge is -2.22. The summed E-state index contributed by atoms with van der Waals surface area (Å²) in [6.45, 7) is 4.74. The fourth-order valence-electron chi connectivity index (χ4n) is 3.34. The summed E-state index contributed by atoms with van der Waals surface area (Å²) >= 11 is 0. The first-order chi connectivity index (χ1) is 11.5. The van der Waals surface area contributed by atoms with E-state index in [2.05, 4.69) is 0 Å². The topological polar surface area (TPSA) is 38.8 Å². The van der Waals surface area contributed by atoms with E-state index in [1.54, 1.807) is 12.1 Å². The van der Waals surface area contributed by atoms with Gasteiger partial charge in [-0.3, -0.25) is 9.69 Å². The molecule has 0 saturated carbocycles. The van der Waals surface area contributed by atoms with Crippen molar-refractivity contribution in [2.75, 3.05) is 18.1 Å². The van der Waals surface area contributed by atoms with Gasteiger partial charge >= 0.3 is 0 Å². The van der Waals surface area contributed by atoms with E-state index in [9.17, 15) is 9.18 Å². The van der Waals surface area contributed by atoms with Gasteiger partial charge in [0.15, 0.2) is 6.29 Å². The summed E-state index contributed by atoms with van der Waals surface area (Å²) in [6.07, 6.45) is -0.509. The molecular weight excluding hydrogens is 309 g/mol. The van der Waals surface area contributed by atoms with E-state index in [1.165, 1.54) is 11.0 Å². The van der Waals surface area contributed by atoms with Gasteiger partial charge in [0.05, 0.1) is 30.0 Å². The molecule has 0 aromatic heterocycles. The van der Waals surface area contributed by atoms with E-state index in [4.69, 9.17) is 9.47 Å². The van der Waals surface area contributed by atoms with Crippen LogP contribution in [0.3, 0.4) is 0 Å². The molecule has 2 aliphatic heterocycles. The lowest BCUT2D eigenvalue weighted by Crippen LogP contribution is -2.33. The van der Waals surface area contributed by atoms with E-state index in [1.807, 2.05) is 38.1 Å². The standard InChI is InChI=1S/C19H18FNO3/c1-19(2)13-5-3-4-6-15(13)21(18(19)22)16-11-12(7-8-14(16)20)17-23-9-10-24-17/h3-8,11,17H,9-10H2,1-2H3. The zero-order valence-electron chi connectivity index (χ0n) is 13.6. The third-order valence-corrected chi connectivity index (χ3v) is 4.66. The Morgan fingerprint density at radius 3 is 2.54 bits per heavy atom. The molecule has 4 nitrogen and oxygen atoms in total. The molecule has 1 saturated heterocycles. The number of hydrogen-bond acceptors (Lipinski definition) is 3. The lowest BCUT2D eigenvalue weighted by molar-refractivity contribution is -0.121. The molecule has 1 fully saturated rings. The number of halogens is 1. The van der Waals surface area contributed by atoms with E-state index >= 15 is 0 Å². The zero-order valence-corrected chi connectivity index (χ0v) is 13.6. The number of rotatable bonds is 2. The quantitative estimate of drug-likeness (QED) is 0.841. The first-order valence-electron chi connectivity index (χ1n) is 7.97. The Kier molecular flexibility index (Phi) is 3.44. The Balaban J connectivity index is 1.84. The fourth-order valence-corrected chi connectivity index (χ4v) is 3.34. The maximum atomic E-state index is 14.6. The number of amides is 1. The third kappa shape index (κ3) is 2.16. The highest BCUT2D eigenvalue weighted by atomic mass is 19.1. The minimum atomic E-state index is -0.695. The van der Waals surface area contributed by atoms with Crippen LogP contribution in [-0.4, -0.2) is 19.1 Å². The second-order valence-electron chi connectivity index (χ2n) is 6.57. The normalized spacial score (nSPS) is 19.8. The lowest BCUT2D eigenvalue weighted by atomic mass is 9.86. The predicted molar refractivity (Wildman–Crippen MR) is 87.7 cm³/mol. The maximum absolute atomic E-state index is 14.6. The highest BCUT2D eigenvalue weighted by Gasteiger charge is 2.45. The van der Waals surface area contributed by atoms with Crippen LogP contribution in [0.4, 0.5) is 15.8 Å². The Bertz CT molecular complexity index is 812. The van der Waals surface area contributed by atoms with Gasteiger partial charge in [-0.2, -0.15) is 0 Å². The molecule has 5 heteroatoms. The van der Waals surface area contributed by atoms with Crippen LogP contribution in [-0.2, 0) is 19.7 Å². The van der Waals surface area contributed by atoms with Gasteiger partial charge in [-0.1, -0.05) is 24.3 Å². The van der Waals surface area contributed by atoms with Crippen molar-refractivity contribution in [2.24, 2.45) is 0 Å². The number of nitrogens with zero attached hydrogens (tertiary/aromatic N) is 1. The predicted octanol–water partition coefficient (Wildman–Crippen LogP) is 3.83. The molecule has 0 unspecified atom stereocenters. The Hall–Kier alpha value is -2.24. The SMILES string of the molecule is CC1(C)C(=O)N(c2cc(C3OCCO3)ccc2F)c2ccccc21. The van der Waals surface area contributed by atoms with Gasteiger partial charge in [0.1, 0.15) is 5.82 Å². The van der Waals surface area contributed by atoms with Crippen molar-refractivity contribution in [3.05, 3.63) is 59.4 Å². The van der Waals surface area contributed by atoms with Crippen LogP contribution < -0.4 is 4.90 Å². The largest absolute Gasteiger partial charge is 0.346 e. The Labute approximate surface area is 139 Å². The second-order valence-corrected chi connectivity index (χ2v) is 6.57. The summed E-state index contributed by atoms with van der Waals surface area (Å²) in [7, 11) is 0. The smallest absolute Gasteiger partial charge is 0.241 e. The molecule has 2 aromatic rings. The molecular formula is C19H18FNO3. The molecule has 0 atom stereocenters. The molecule has 124 valence electrons. The summed E-state index contributed by atoms with van der Waals surface area (Å²) in [5.74, 6) is -0.592. The van der Waals surface area contributed by atoms with Gasteiger partial charge in [0.2, 0.25) is 5.91 Å². The van der Waals surface area contributed by atoms with Crippen LogP contribution >= 0.6 is 0 Å². The molecule has 0 N–H and O–H groups in total. The van der Waals surface area contributed by atoms with Crippen LogP contribution in [0.25, 0.3) is 0 Å². The number of para-hydroxylation sites is 1. The highest BCUT2D eigenvalue weighted by molar-refractivity contribution is 6.12. The average Bonchev–Trinajstić information content (AvgIpc) is 3.17. The van der Waals surface area contributed by atoms with Crippen molar-refractivity contribution in [1.82, 2.24) is 0 Å². The molecule has 1 amide bonds. The van der Waals surface area contributed by atoms with E-state index in [0.717, 1.165) is 11.3 Å². The zero-order chi connectivity index (χ0) is 16.9. The molecule has 4 rings (SSSR count). The van der Waals surface area contributed by atoms with Crippen molar-refractivity contribution in [1.29, 1.82) is 0 Å². The number of anilines is 2. The van der Waals surface area contributed by atoms with Gasteiger partial charge in [-0.15, -0.1) is 0 Å². The van der Waals surface area contributed by atoms with Crippen LogP contribution in [0, 0.1) is 5.82 Å². The number of ether oxygens (including phenoxy) is 2. The summed E-state index contributed by atoms with van der Waals surface area (Å²) in [4.78, 5) is 14.4. The van der Waals surface area contributed by atoms with E-state index in [0.29, 0.717) is 18.8 Å². The van der Waals surface area contributed by atoms with Crippen molar-refractivity contribution in [3.8, 4) is 0 Å². The van der Waals surface area contributed by atoms with E-state index in [-0.39, 0.29) is 11.6 Å². The van der Waals surface area contributed by atoms with Gasteiger partial charge in [-0.25, -0.2) is 4.39 Å². The molecule has 2 aromatic carbocycles. The van der Waals surface area contributed by atoms with Crippen molar-refractivity contribution < 1.29 is 18.7 Å². The number of carbonyl (C=O) groups excluding carboxylic acids is 1. The van der Waals surface area contributed by atoms with Gasteiger partial charge in [0.25, 0.3) is 0 Å². The first-order valence-corrected chi connectivity index (χ1v) is 7.97. The maximum Gasteiger partial charge on any atom is 0.241 e. The number of carbonyl (C=O) groups is 1. The Morgan fingerprint density at radius 2 is 1.79 bits per heavy atom. The number of benzene rings is 2. The van der Waals surface area contributed by atoms with Crippen LogP contribution in [0.1, 0.15) is 31.3 Å². The summed E-state index contributed by atoms with van der Waals surface area (Å²) in [6, 6.07) is 12.1. The van der Waals surface area contributed by atoms with Crippen LogP contribution in [0.5, 0.6) is 0 Å². The van der Waals surface area contributed by atoms with Crippen molar-refractivity contribution >= 4 is 17.3 Å².